The molecule has 1 atom stereocenters. The van der Waals surface area contributed by atoms with Crippen molar-refractivity contribution in [2.24, 2.45) is 0 Å². The molecule has 0 radical (unpaired) electrons. The third-order valence-electron chi connectivity index (χ3n) is 6.52. The molecule has 1 aliphatic heterocycles. The third-order valence-corrected chi connectivity index (χ3v) is 6.52. The maximum Gasteiger partial charge on any atom is 0.159 e. The summed E-state index contributed by atoms with van der Waals surface area (Å²) in [4.78, 5) is 11.7. The van der Waals surface area contributed by atoms with Crippen molar-refractivity contribution in [1.82, 2.24) is 9.97 Å². The van der Waals surface area contributed by atoms with E-state index in [4.69, 9.17) is 4.98 Å². The average Bonchev–Trinajstić information content (AvgIpc) is 3.12. The Kier molecular flexibility index (Phi) is 5.35. The second-order valence-corrected chi connectivity index (χ2v) is 8.47. The molecule has 0 amide bonds. The Hall–Kier alpha value is -2.95. The van der Waals surface area contributed by atoms with Gasteiger partial charge in [0.2, 0.25) is 0 Å². The predicted octanol–water partition coefficient (Wildman–Crippen LogP) is 1.94. The van der Waals surface area contributed by atoms with Gasteiger partial charge in [0.1, 0.15) is 38.4 Å². The Labute approximate surface area is 178 Å². The fourth-order valence-corrected chi connectivity index (χ4v) is 5.05. The second kappa shape index (κ2) is 8.42. The van der Waals surface area contributed by atoms with E-state index >= 15 is 0 Å². The first-order valence-corrected chi connectivity index (χ1v) is 11.0. The number of pyridine rings is 1. The molecule has 3 heterocycles. The summed E-state index contributed by atoms with van der Waals surface area (Å²) in [7, 11) is 0. The highest BCUT2D eigenvalue weighted by Gasteiger charge is 2.35. The van der Waals surface area contributed by atoms with E-state index in [0.717, 1.165) is 19.6 Å². The van der Waals surface area contributed by atoms with Crippen molar-refractivity contribution >= 4 is 10.9 Å². The molecule has 30 heavy (non-hydrogen) atoms. The van der Waals surface area contributed by atoms with Crippen molar-refractivity contribution in [3.63, 3.8) is 0 Å². The Bertz CT molecular complexity index is 1100. The number of fused-ring (bicyclic) bond motifs is 1. The number of nitrogens with zero attached hydrogens (tertiary/aromatic N) is 1. The predicted molar refractivity (Wildman–Crippen MR) is 121 cm³/mol. The Balaban J connectivity index is 1.43. The number of rotatable bonds is 5. The molecular weight excluding hydrogens is 368 g/mol. The normalized spacial score (nSPS) is 20.3. The maximum atomic E-state index is 4.80. The number of benzene rings is 2. The van der Waals surface area contributed by atoms with Gasteiger partial charge in [-0.15, -0.1) is 0 Å². The lowest BCUT2D eigenvalue weighted by atomic mass is 9.97. The van der Waals surface area contributed by atoms with Gasteiger partial charge in [-0.25, -0.2) is 0 Å². The highest BCUT2D eigenvalue weighted by atomic mass is 15.3. The Morgan fingerprint density at radius 2 is 1.60 bits per heavy atom. The topological polar surface area (TPSA) is 37.6 Å². The quantitative estimate of drug-likeness (QED) is 0.472. The van der Waals surface area contributed by atoms with E-state index in [1.165, 1.54) is 46.5 Å². The third kappa shape index (κ3) is 3.76. The minimum Gasteiger partial charge on any atom is -0.358 e. The van der Waals surface area contributed by atoms with Crippen LogP contribution in [0.25, 0.3) is 10.9 Å². The molecule has 4 aromatic rings. The van der Waals surface area contributed by atoms with Crippen molar-refractivity contribution in [1.29, 1.82) is 0 Å². The number of para-hydroxylation sites is 1. The lowest BCUT2D eigenvalue weighted by molar-refractivity contribution is -1.03. The number of aryl methyl sites for hydroxylation is 1. The van der Waals surface area contributed by atoms with Crippen LogP contribution in [0.2, 0.25) is 0 Å². The van der Waals surface area contributed by atoms with Crippen LogP contribution in [0, 0.1) is 6.92 Å². The number of hydrogen-bond donors (Lipinski definition) is 3. The molecule has 2 aromatic heterocycles. The summed E-state index contributed by atoms with van der Waals surface area (Å²) in [5.41, 5.74) is 6.50. The van der Waals surface area contributed by atoms with Gasteiger partial charge in [-0.05, 0) is 25.1 Å². The van der Waals surface area contributed by atoms with Crippen LogP contribution in [0.15, 0.2) is 79.0 Å². The average molecular weight is 399 g/mol. The molecule has 4 heteroatoms. The molecule has 0 bridgehead atoms. The highest BCUT2D eigenvalue weighted by molar-refractivity contribution is 5.85. The summed E-state index contributed by atoms with van der Waals surface area (Å²) < 4.78 is 0. The van der Waals surface area contributed by atoms with Crippen LogP contribution >= 0.6 is 0 Å². The maximum absolute atomic E-state index is 4.80. The van der Waals surface area contributed by atoms with Crippen LogP contribution in [0.3, 0.4) is 0 Å². The van der Waals surface area contributed by atoms with Crippen molar-refractivity contribution in [3.8, 4) is 0 Å². The molecule has 5 rings (SSSR count). The molecule has 152 valence electrons. The van der Waals surface area contributed by atoms with Gasteiger partial charge in [0.15, 0.2) is 6.04 Å². The van der Waals surface area contributed by atoms with Gasteiger partial charge in [-0.2, -0.15) is 0 Å². The molecule has 3 N–H and O–H groups in total. The van der Waals surface area contributed by atoms with E-state index in [2.05, 4.69) is 78.6 Å². The summed E-state index contributed by atoms with van der Waals surface area (Å²) in [6.45, 7) is 8.02. The summed E-state index contributed by atoms with van der Waals surface area (Å²) in [5, 5.41) is 1.33. The van der Waals surface area contributed by atoms with E-state index in [-0.39, 0.29) is 6.04 Å². The van der Waals surface area contributed by atoms with E-state index in [1.807, 2.05) is 12.3 Å². The van der Waals surface area contributed by atoms with E-state index in [1.54, 1.807) is 9.80 Å². The van der Waals surface area contributed by atoms with Gasteiger partial charge in [0.05, 0.1) is 0 Å². The Morgan fingerprint density at radius 1 is 0.867 bits per heavy atom. The van der Waals surface area contributed by atoms with Crippen LogP contribution in [0.1, 0.15) is 28.6 Å². The van der Waals surface area contributed by atoms with Gasteiger partial charge < -0.3 is 14.8 Å². The number of aromatic nitrogens is 2. The SMILES string of the molecule is Cc1[nH]c2ccccc2c1[C@@H](c1ccccn1)[NH+]1CC[NH+](Cc2ccccc2)CC1. The van der Waals surface area contributed by atoms with Gasteiger partial charge in [0, 0.05) is 33.9 Å². The molecule has 1 aliphatic rings. The Morgan fingerprint density at radius 3 is 2.37 bits per heavy atom. The van der Waals surface area contributed by atoms with Crippen LogP contribution in [-0.4, -0.2) is 36.1 Å². The molecule has 1 saturated heterocycles. The first-order valence-electron chi connectivity index (χ1n) is 11.0. The fraction of sp³-hybridized carbons (Fsp3) is 0.269. The molecule has 0 unspecified atom stereocenters. The summed E-state index contributed by atoms with van der Waals surface area (Å²) in [5.74, 6) is 0. The van der Waals surface area contributed by atoms with Crippen molar-refractivity contribution < 1.29 is 9.80 Å². The first kappa shape index (κ1) is 19.0. The zero-order valence-corrected chi connectivity index (χ0v) is 17.6. The lowest BCUT2D eigenvalue weighted by Gasteiger charge is -2.34. The summed E-state index contributed by atoms with van der Waals surface area (Å²) in [6, 6.07) is 26.2. The highest BCUT2D eigenvalue weighted by Crippen LogP contribution is 2.29. The molecule has 4 nitrogen and oxygen atoms in total. The number of H-pyrrole nitrogens is 1. The van der Waals surface area contributed by atoms with E-state index in [0.29, 0.717) is 0 Å². The summed E-state index contributed by atoms with van der Waals surface area (Å²) in [6.07, 6.45) is 1.93. The smallest absolute Gasteiger partial charge is 0.159 e. The van der Waals surface area contributed by atoms with Gasteiger partial charge in [0.25, 0.3) is 0 Å². The second-order valence-electron chi connectivity index (χ2n) is 8.47. The molecule has 0 aliphatic carbocycles. The number of quaternary nitrogens is 2. The van der Waals surface area contributed by atoms with E-state index < -0.39 is 0 Å². The number of nitrogens with one attached hydrogen (secondary N) is 3. The first-order chi connectivity index (χ1) is 14.8. The standard InChI is InChI=1S/C26H28N4/c1-20-25(22-11-5-6-12-23(22)28-20)26(24-13-7-8-14-27-24)30-17-15-29(16-18-30)19-21-9-3-2-4-10-21/h2-14,26,28H,15-19H2,1H3/p+2/t26-/m1/s1. The van der Waals surface area contributed by atoms with Gasteiger partial charge >= 0.3 is 0 Å². The van der Waals surface area contributed by atoms with E-state index in [9.17, 15) is 0 Å². The molecule has 2 aromatic carbocycles. The van der Waals surface area contributed by atoms with Crippen molar-refractivity contribution in [2.75, 3.05) is 26.2 Å². The molecule has 1 fully saturated rings. The minimum absolute atomic E-state index is 0.264. The van der Waals surface area contributed by atoms with Crippen LogP contribution in [0.4, 0.5) is 0 Å². The molecular formula is C26H30N4+2. The number of piperazine rings is 1. The summed E-state index contributed by atoms with van der Waals surface area (Å²) >= 11 is 0. The van der Waals surface area contributed by atoms with Crippen LogP contribution < -0.4 is 9.80 Å². The molecule has 0 saturated carbocycles. The minimum atomic E-state index is 0.264. The van der Waals surface area contributed by atoms with Crippen LogP contribution in [-0.2, 0) is 6.54 Å². The van der Waals surface area contributed by atoms with Gasteiger partial charge in [-0.3, -0.25) is 4.98 Å². The largest absolute Gasteiger partial charge is 0.358 e. The van der Waals surface area contributed by atoms with Crippen molar-refractivity contribution in [2.45, 2.75) is 19.5 Å². The number of aromatic amines is 1. The van der Waals surface area contributed by atoms with Crippen LogP contribution in [0.5, 0.6) is 0 Å². The zero-order valence-electron chi connectivity index (χ0n) is 17.6. The zero-order chi connectivity index (χ0) is 20.3. The monoisotopic (exact) mass is 398 g/mol. The van der Waals surface area contributed by atoms with Crippen molar-refractivity contribution in [3.05, 3.63) is 102 Å². The number of hydrogen-bond acceptors (Lipinski definition) is 1. The molecule has 0 spiro atoms. The lowest BCUT2D eigenvalue weighted by Crippen LogP contribution is -3.27. The fourth-order valence-electron chi connectivity index (χ4n) is 5.05. The van der Waals surface area contributed by atoms with Gasteiger partial charge in [-0.1, -0.05) is 54.6 Å².